The summed E-state index contributed by atoms with van der Waals surface area (Å²) in [5.74, 6) is 1.26. The van der Waals surface area contributed by atoms with E-state index in [1.165, 1.54) is 0 Å². The summed E-state index contributed by atoms with van der Waals surface area (Å²) in [7, 11) is 0. The number of nitriles is 1. The van der Waals surface area contributed by atoms with Crippen LogP contribution in [0.5, 0.6) is 11.5 Å². The summed E-state index contributed by atoms with van der Waals surface area (Å²) in [4.78, 5) is 0. The molecule has 0 unspecified atom stereocenters. The number of ether oxygens (including phenoxy) is 2. The van der Waals surface area contributed by atoms with Gasteiger partial charge in [0, 0.05) is 16.1 Å². The molecule has 2 aromatic carbocycles. The van der Waals surface area contributed by atoms with Crippen LogP contribution in [0, 0.1) is 16.7 Å². The van der Waals surface area contributed by atoms with Gasteiger partial charge in [-0.1, -0.05) is 50.6 Å². The maximum atomic E-state index is 9.90. The van der Waals surface area contributed by atoms with Crippen molar-refractivity contribution >= 4 is 28.9 Å². The van der Waals surface area contributed by atoms with E-state index in [9.17, 15) is 5.26 Å². The summed E-state index contributed by atoms with van der Waals surface area (Å²) in [5.41, 5.74) is 3.07. The zero-order valence-electron chi connectivity index (χ0n) is 18.1. The first-order valence-corrected chi connectivity index (χ1v) is 10.9. The van der Waals surface area contributed by atoms with Gasteiger partial charge in [-0.15, -0.1) is 0 Å². The summed E-state index contributed by atoms with van der Waals surface area (Å²) in [5, 5.41) is 17.5. The predicted octanol–water partition coefficient (Wildman–Crippen LogP) is 5.66. The van der Waals surface area contributed by atoms with Crippen LogP contribution in [0.4, 0.5) is 0 Å². The van der Waals surface area contributed by atoms with Crippen molar-refractivity contribution in [1.82, 2.24) is 10.6 Å². The molecule has 0 radical (unpaired) electrons. The Bertz CT molecular complexity index is 1040. The van der Waals surface area contributed by atoms with E-state index in [0.29, 0.717) is 40.4 Å². The molecule has 0 bridgehead atoms. The first-order chi connectivity index (χ1) is 14.7. The van der Waals surface area contributed by atoms with Crippen molar-refractivity contribution in [3.05, 3.63) is 69.9 Å². The van der Waals surface area contributed by atoms with Gasteiger partial charge in [-0.2, -0.15) is 5.26 Å². The lowest BCUT2D eigenvalue weighted by molar-refractivity contribution is 0.269. The van der Waals surface area contributed by atoms with Crippen LogP contribution >= 0.6 is 23.8 Å². The lowest BCUT2D eigenvalue weighted by Gasteiger charge is -2.35. The summed E-state index contributed by atoms with van der Waals surface area (Å²) < 4.78 is 11.8. The van der Waals surface area contributed by atoms with Crippen molar-refractivity contribution in [3.8, 4) is 17.6 Å². The minimum absolute atomic E-state index is 0.250. The van der Waals surface area contributed by atoms with E-state index in [1.54, 1.807) is 0 Å². The van der Waals surface area contributed by atoms with Crippen LogP contribution in [-0.4, -0.2) is 11.7 Å². The van der Waals surface area contributed by atoms with Gasteiger partial charge in [0.25, 0.3) is 0 Å². The van der Waals surface area contributed by atoms with E-state index >= 15 is 0 Å². The number of benzene rings is 2. The molecule has 31 heavy (non-hydrogen) atoms. The van der Waals surface area contributed by atoms with Crippen molar-refractivity contribution in [2.24, 2.45) is 5.41 Å². The third-order valence-corrected chi connectivity index (χ3v) is 5.32. The van der Waals surface area contributed by atoms with Crippen LogP contribution in [0.3, 0.4) is 0 Å². The molecule has 1 aliphatic heterocycles. The molecule has 0 saturated heterocycles. The van der Waals surface area contributed by atoms with E-state index in [-0.39, 0.29) is 11.5 Å². The fourth-order valence-electron chi connectivity index (χ4n) is 3.36. The third-order valence-electron chi connectivity index (χ3n) is 4.85. The molecule has 1 heterocycles. The highest BCUT2D eigenvalue weighted by Crippen LogP contribution is 2.38. The SMILES string of the molecule is CCOc1cc([C@@H]2NC(=S)NC(C(C)(C)C)=C2C#N)ccc1OCc1ccc(Cl)cc1. The molecule has 2 N–H and O–H groups in total. The highest BCUT2D eigenvalue weighted by Gasteiger charge is 2.32. The van der Waals surface area contributed by atoms with Crippen LogP contribution in [0.2, 0.25) is 5.02 Å². The summed E-state index contributed by atoms with van der Waals surface area (Å²) >= 11 is 11.4. The number of hydrogen-bond donors (Lipinski definition) is 2. The number of halogens is 1. The van der Waals surface area contributed by atoms with Crippen molar-refractivity contribution in [3.63, 3.8) is 0 Å². The van der Waals surface area contributed by atoms with Gasteiger partial charge in [-0.3, -0.25) is 0 Å². The Morgan fingerprint density at radius 2 is 1.81 bits per heavy atom. The van der Waals surface area contributed by atoms with Crippen molar-refractivity contribution in [2.75, 3.05) is 6.61 Å². The van der Waals surface area contributed by atoms with Crippen molar-refractivity contribution in [2.45, 2.75) is 40.3 Å². The molecular weight excluding hydrogens is 430 g/mol. The van der Waals surface area contributed by atoms with E-state index in [2.05, 4.69) is 37.5 Å². The molecule has 7 heteroatoms. The largest absolute Gasteiger partial charge is 0.490 e. The van der Waals surface area contributed by atoms with Gasteiger partial charge < -0.3 is 20.1 Å². The van der Waals surface area contributed by atoms with Crippen LogP contribution in [-0.2, 0) is 6.61 Å². The number of allylic oxidation sites excluding steroid dienone is 1. The molecular formula is C24H26ClN3O2S. The van der Waals surface area contributed by atoms with E-state index in [4.69, 9.17) is 33.3 Å². The number of nitrogens with zero attached hydrogens (tertiary/aromatic N) is 1. The van der Waals surface area contributed by atoms with Crippen LogP contribution in [0.15, 0.2) is 53.7 Å². The average Bonchev–Trinajstić information content (AvgIpc) is 2.73. The molecule has 0 spiro atoms. The Morgan fingerprint density at radius 1 is 1.10 bits per heavy atom. The van der Waals surface area contributed by atoms with Crippen molar-refractivity contribution in [1.29, 1.82) is 5.26 Å². The zero-order valence-corrected chi connectivity index (χ0v) is 19.7. The molecule has 162 valence electrons. The maximum absolute atomic E-state index is 9.90. The molecule has 2 aromatic rings. The smallest absolute Gasteiger partial charge is 0.171 e. The quantitative estimate of drug-likeness (QED) is 0.548. The fourth-order valence-corrected chi connectivity index (χ4v) is 3.71. The Hall–Kier alpha value is -2.75. The van der Waals surface area contributed by atoms with Crippen LogP contribution in [0.25, 0.3) is 0 Å². The molecule has 0 aliphatic carbocycles. The standard InChI is InChI=1S/C24H26ClN3O2S/c1-5-29-20-12-16(8-11-19(20)30-14-15-6-9-17(25)10-7-15)21-18(13-26)22(24(2,3)4)28-23(31)27-21/h6-12,21H,5,14H2,1-4H3,(H2,27,28,31)/t21-/m0/s1. The second-order valence-corrected chi connectivity index (χ2v) is 9.08. The van der Waals surface area contributed by atoms with Gasteiger partial charge in [0.1, 0.15) is 6.61 Å². The molecule has 3 rings (SSSR count). The number of thiocarbonyl (C=S) groups is 1. The normalized spacial score (nSPS) is 16.3. The van der Waals surface area contributed by atoms with Crippen molar-refractivity contribution < 1.29 is 9.47 Å². The molecule has 1 atom stereocenters. The lowest BCUT2D eigenvalue weighted by atomic mass is 9.84. The molecule has 1 aliphatic rings. The Balaban J connectivity index is 1.93. The highest BCUT2D eigenvalue weighted by atomic mass is 35.5. The second kappa shape index (κ2) is 9.59. The van der Waals surface area contributed by atoms with Crippen LogP contribution in [0.1, 0.15) is 44.9 Å². The summed E-state index contributed by atoms with van der Waals surface area (Å²) in [6, 6.07) is 15.2. The third kappa shape index (κ3) is 5.49. The van der Waals surface area contributed by atoms with E-state index in [0.717, 1.165) is 16.8 Å². The fraction of sp³-hybridized carbons (Fsp3) is 0.333. The highest BCUT2D eigenvalue weighted by molar-refractivity contribution is 7.80. The van der Waals surface area contributed by atoms with E-state index < -0.39 is 0 Å². The predicted molar refractivity (Wildman–Crippen MR) is 127 cm³/mol. The van der Waals surface area contributed by atoms with Gasteiger partial charge in [0.15, 0.2) is 16.6 Å². The topological polar surface area (TPSA) is 66.3 Å². The molecule has 0 amide bonds. The number of nitrogens with one attached hydrogen (secondary N) is 2. The molecule has 0 aromatic heterocycles. The van der Waals surface area contributed by atoms with Gasteiger partial charge in [0.2, 0.25) is 0 Å². The zero-order chi connectivity index (χ0) is 22.6. The lowest BCUT2D eigenvalue weighted by Crippen LogP contribution is -2.46. The minimum Gasteiger partial charge on any atom is -0.490 e. The first kappa shape index (κ1) is 22.9. The first-order valence-electron chi connectivity index (χ1n) is 10.1. The number of rotatable bonds is 6. The average molecular weight is 456 g/mol. The van der Waals surface area contributed by atoms with E-state index in [1.807, 2.05) is 49.4 Å². The summed E-state index contributed by atoms with van der Waals surface area (Å²) in [6.07, 6.45) is 0. The molecule has 0 saturated carbocycles. The van der Waals surface area contributed by atoms with Gasteiger partial charge in [-0.25, -0.2) is 0 Å². The van der Waals surface area contributed by atoms with Gasteiger partial charge >= 0.3 is 0 Å². The minimum atomic E-state index is -0.363. The maximum Gasteiger partial charge on any atom is 0.171 e. The van der Waals surface area contributed by atoms with Crippen LogP contribution < -0.4 is 20.1 Å². The summed E-state index contributed by atoms with van der Waals surface area (Å²) in [6.45, 7) is 8.97. The Morgan fingerprint density at radius 3 is 2.42 bits per heavy atom. The van der Waals surface area contributed by atoms with Gasteiger partial charge in [0.05, 0.1) is 24.3 Å². The monoisotopic (exact) mass is 455 g/mol. The molecule has 5 nitrogen and oxygen atoms in total. The Labute approximate surface area is 194 Å². The molecule has 0 fully saturated rings. The van der Waals surface area contributed by atoms with Gasteiger partial charge in [-0.05, 0) is 54.5 Å². The second-order valence-electron chi connectivity index (χ2n) is 8.24. The number of hydrogen-bond acceptors (Lipinski definition) is 4. The Kier molecular flexibility index (Phi) is 7.09.